The summed E-state index contributed by atoms with van der Waals surface area (Å²) >= 11 is 5.88. The quantitative estimate of drug-likeness (QED) is 0.679. The Labute approximate surface area is 130 Å². The van der Waals surface area contributed by atoms with Gasteiger partial charge in [-0.3, -0.25) is 14.8 Å². The van der Waals surface area contributed by atoms with Gasteiger partial charge in [0.25, 0.3) is 10.0 Å². The standard InChI is InChI=1S/C13H10ClFN2O4S/c1-8-2-4-10(7-11(8)14)22(20,21)16-9-3-5-12(15)13(6-9)17(18)19/h2-7,16H,1H3. The average molecular weight is 345 g/mol. The van der Waals surface area contributed by atoms with Crippen LogP contribution in [0.25, 0.3) is 0 Å². The molecule has 0 heterocycles. The van der Waals surface area contributed by atoms with Crippen molar-refractivity contribution in [2.24, 2.45) is 0 Å². The predicted octanol–water partition coefficient (Wildman–Crippen LogP) is 3.50. The molecular weight excluding hydrogens is 335 g/mol. The molecule has 0 unspecified atom stereocenters. The van der Waals surface area contributed by atoms with Gasteiger partial charge in [-0.25, -0.2) is 8.42 Å². The van der Waals surface area contributed by atoms with E-state index in [9.17, 15) is 22.9 Å². The van der Waals surface area contributed by atoms with Crippen LogP contribution in [0.4, 0.5) is 15.8 Å². The molecule has 0 aliphatic heterocycles. The molecule has 2 rings (SSSR count). The molecule has 0 bridgehead atoms. The Morgan fingerprint density at radius 3 is 2.50 bits per heavy atom. The Balaban J connectivity index is 2.38. The molecule has 0 aromatic heterocycles. The molecule has 0 saturated heterocycles. The molecule has 116 valence electrons. The SMILES string of the molecule is Cc1ccc(S(=O)(=O)Nc2ccc(F)c([N+](=O)[O-])c2)cc1Cl. The maximum atomic E-state index is 13.2. The fourth-order valence-electron chi connectivity index (χ4n) is 1.67. The van der Waals surface area contributed by atoms with E-state index in [0.717, 1.165) is 18.2 Å². The third-order valence-electron chi connectivity index (χ3n) is 2.85. The number of nitro benzene ring substituents is 1. The number of halogens is 2. The van der Waals surface area contributed by atoms with Gasteiger partial charge in [0, 0.05) is 11.1 Å². The Bertz CT molecular complexity index is 855. The zero-order valence-electron chi connectivity index (χ0n) is 11.2. The summed E-state index contributed by atoms with van der Waals surface area (Å²) < 4.78 is 39.8. The number of hydrogen-bond acceptors (Lipinski definition) is 4. The lowest BCUT2D eigenvalue weighted by molar-refractivity contribution is -0.387. The topological polar surface area (TPSA) is 89.3 Å². The molecule has 9 heteroatoms. The minimum absolute atomic E-state index is 0.102. The van der Waals surface area contributed by atoms with E-state index >= 15 is 0 Å². The Morgan fingerprint density at radius 2 is 1.91 bits per heavy atom. The second-order valence-corrected chi connectivity index (χ2v) is 6.53. The summed E-state index contributed by atoms with van der Waals surface area (Å²) in [6.45, 7) is 1.72. The van der Waals surface area contributed by atoms with E-state index in [2.05, 4.69) is 4.72 Å². The van der Waals surface area contributed by atoms with Gasteiger partial charge in [0.15, 0.2) is 0 Å². The second kappa shape index (κ2) is 5.90. The van der Waals surface area contributed by atoms with Gasteiger partial charge in [-0.2, -0.15) is 4.39 Å². The predicted molar refractivity (Wildman–Crippen MR) is 80.1 cm³/mol. The molecule has 6 nitrogen and oxygen atoms in total. The summed E-state index contributed by atoms with van der Waals surface area (Å²) in [4.78, 5) is 9.63. The van der Waals surface area contributed by atoms with E-state index in [1.807, 2.05) is 0 Å². The van der Waals surface area contributed by atoms with Crippen LogP contribution in [0.2, 0.25) is 5.02 Å². The van der Waals surface area contributed by atoms with E-state index in [4.69, 9.17) is 11.6 Å². The van der Waals surface area contributed by atoms with Gasteiger partial charge in [0.1, 0.15) is 0 Å². The van der Waals surface area contributed by atoms with Crippen molar-refractivity contribution in [3.05, 3.63) is 62.9 Å². The lowest BCUT2D eigenvalue weighted by Crippen LogP contribution is -2.13. The first-order chi connectivity index (χ1) is 10.2. The first kappa shape index (κ1) is 16.2. The summed E-state index contributed by atoms with van der Waals surface area (Å²) in [5.74, 6) is -1.05. The van der Waals surface area contributed by atoms with Crippen LogP contribution in [0.1, 0.15) is 5.56 Å². The Morgan fingerprint density at radius 1 is 1.23 bits per heavy atom. The maximum Gasteiger partial charge on any atom is 0.306 e. The maximum absolute atomic E-state index is 13.2. The minimum atomic E-state index is -3.99. The summed E-state index contributed by atoms with van der Waals surface area (Å²) in [5, 5.41) is 10.9. The number of sulfonamides is 1. The van der Waals surface area contributed by atoms with Crippen LogP contribution in [0.3, 0.4) is 0 Å². The van der Waals surface area contributed by atoms with Crippen molar-refractivity contribution in [3.63, 3.8) is 0 Å². The van der Waals surface area contributed by atoms with Crippen molar-refractivity contribution in [1.29, 1.82) is 0 Å². The molecule has 0 fully saturated rings. The number of anilines is 1. The summed E-state index contributed by atoms with van der Waals surface area (Å²) in [7, 11) is -3.99. The van der Waals surface area contributed by atoms with E-state index in [1.165, 1.54) is 18.2 Å². The van der Waals surface area contributed by atoms with E-state index < -0.39 is 26.5 Å². The summed E-state index contributed by atoms with van der Waals surface area (Å²) in [6, 6.07) is 6.86. The van der Waals surface area contributed by atoms with Crippen molar-refractivity contribution in [2.45, 2.75) is 11.8 Å². The second-order valence-electron chi connectivity index (χ2n) is 4.44. The van der Waals surface area contributed by atoms with Crippen LogP contribution in [0.5, 0.6) is 0 Å². The molecule has 0 aliphatic rings. The van der Waals surface area contributed by atoms with Gasteiger partial charge < -0.3 is 0 Å². The normalized spacial score (nSPS) is 11.2. The van der Waals surface area contributed by atoms with Gasteiger partial charge >= 0.3 is 5.69 Å². The van der Waals surface area contributed by atoms with E-state index in [0.29, 0.717) is 5.56 Å². The Kier molecular flexibility index (Phi) is 4.34. The van der Waals surface area contributed by atoms with Crippen molar-refractivity contribution in [1.82, 2.24) is 0 Å². The largest absolute Gasteiger partial charge is 0.306 e. The van der Waals surface area contributed by atoms with Gasteiger partial charge in [-0.15, -0.1) is 0 Å². The fraction of sp³-hybridized carbons (Fsp3) is 0.0769. The first-order valence-electron chi connectivity index (χ1n) is 5.93. The average Bonchev–Trinajstić information content (AvgIpc) is 2.43. The molecular formula is C13H10ClFN2O4S. The van der Waals surface area contributed by atoms with Crippen molar-refractivity contribution in [2.75, 3.05) is 4.72 Å². The van der Waals surface area contributed by atoms with Crippen molar-refractivity contribution >= 4 is 33.0 Å². The molecule has 2 aromatic carbocycles. The van der Waals surface area contributed by atoms with Gasteiger partial charge in [-0.1, -0.05) is 17.7 Å². The molecule has 0 aliphatic carbocycles. The molecule has 0 radical (unpaired) electrons. The van der Waals surface area contributed by atoms with Crippen LogP contribution < -0.4 is 4.72 Å². The number of nitro groups is 1. The molecule has 1 N–H and O–H groups in total. The lowest BCUT2D eigenvalue weighted by atomic mass is 10.2. The minimum Gasteiger partial charge on any atom is -0.279 e. The van der Waals surface area contributed by atoms with Crippen LogP contribution in [0.15, 0.2) is 41.3 Å². The molecule has 0 atom stereocenters. The number of aryl methyl sites for hydroxylation is 1. The smallest absolute Gasteiger partial charge is 0.279 e. The zero-order valence-corrected chi connectivity index (χ0v) is 12.8. The molecule has 0 spiro atoms. The number of rotatable bonds is 4. The van der Waals surface area contributed by atoms with Crippen LogP contribution in [-0.2, 0) is 10.0 Å². The molecule has 2 aromatic rings. The third-order valence-corrected chi connectivity index (χ3v) is 4.63. The highest BCUT2D eigenvalue weighted by atomic mass is 35.5. The van der Waals surface area contributed by atoms with Crippen LogP contribution >= 0.6 is 11.6 Å². The number of hydrogen-bond donors (Lipinski definition) is 1. The highest BCUT2D eigenvalue weighted by Gasteiger charge is 2.19. The first-order valence-corrected chi connectivity index (χ1v) is 7.80. The zero-order chi connectivity index (χ0) is 16.5. The van der Waals surface area contributed by atoms with Gasteiger partial charge in [0.2, 0.25) is 5.82 Å². The van der Waals surface area contributed by atoms with Gasteiger partial charge in [0.05, 0.1) is 15.5 Å². The lowest BCUT2D eigenvalue weighted by Gasteiger charge is -2.09. The third kappa shape index (κ3) is 3.34. The van der Waals surface area contributed by atoms with Crippen molar-refractivity contribution in [3.8, 4) is 0 Å². The van der Waals surface area contributed by atoms with E-state index in [-0.39, 0.29) is 15.6 Å². The fourth-order valence-corrected chi connectivity index (χ4v) is 2.99. The van der Waals surface area contributed by atoms with Crippen LogP contribution in [-0.4, -0.2) is 13.3 Å². The highest BCUT2D eigenvalue weighted by molar-refractivity contribution is 7.92. The summed E-state index contributed by atoms with van der Waals surface area (Å²) in [6.07, 6.45) is 0. The number of benzene rings is 2. The van der Waals surface area contributed by atoms with Gasteiger partial charge in [-0.05, 0) is 36.8 Å². The molecule has 0 amide bonds. The van der Waals surface area contributed by atoms with E-state index in [1.54, 1.807) is 6.92 Å². The molecule has 22 heavy (non-hydrogen) atoms. The summed E-state index contributed by atoms with van der Waals surface area (Å²) in [5.41, 5.74) is -0.232. The van der Waals surface area contributed by atoms with Crippen LogP contribution in [0, 0.1) is 22.9 Å². The Hall–Kier alpha value is -2.19. The molecule has 0 saturated carbocycles. The number of nitrogens with zero attached hydrogens (tertiary/aromatic N) is 1. The van der Waals surface area contributed by atoms with Crippen molar-refractivity contribution < 1.29 is 17.7 Å². The number of nitrogens with one attached hydrogen (secondary N) is 1. The highest BCUT2D eigenvalue weighted by Crippen LogP contribution is 2.25. The monoisotopic (exact) mass is 344 g/mol.